The van der Waals surface area contributed by atoms with Gasteiger partial charge in [0.15, 0.2) is 0 Å². The van der Waals surface area contributed by atoms with Crippen molar-refractivity contribution in [3.63, 3.8) is 0 Å². The van der Waals surface area contributed by atoms with Crippen molar-refractivity contribution in [1.29, 1.82) is 0 Å². The Labute approximate surface area is 119 Å². The van der Waals surface area contributed by atoms with Gasteiger partial charge in [-0.3, -0.25) is 0 Å². The average molecular weight is 280 g/mol. The van der Waals surface area contributed by atoms with E-state index in [-0.39, 0.29) is 12.1 Å². The molecule has 2 amide bonds. The minimum atomic E-state index is -1.04. The molecule has 0 spiro atoms. The van der Waals surface area contributed by atoms with E-state index in [1.165, 1.54) is 19.3 Å². The molecule has 0 saturated heterocycles. The first kappa shape index (κ1) is 13.7. The number of hydrogen-bond donors (Lipinski definition) is 3. The van der Waals surface area contributed by atoms with Gasteiger partial charge in [-0.15, -0.1) is 0 Å². The van der Waals surface area contributed by atoms with Crippen LogP contribution < -0.4 is 10.6 Å². The molecule has 5 heteroatoms. The van der Waals surface area contributed by atoms with Crippen molar-refractivity contribution < 1.29 is 14.7 Å². The van der Waals surface area contributed by atoms with Crippen molar-refractivity contribution in [3.05, 3.63) is 0 Å². The van der Waals surface area contributed by atoms with Gasteiger partial charge in [-0.2, -0.15) is 0 Å². The van der Waals surface area contributed by atoms with Gasteiger partial charge in [0.05, 0.1) is 0 Å². The molecule has 3 unspecified atom stereocenters. The summed E-state index contributed by atoms with van der Waals surface area (Å²) in [5.74, 6) is 0.492. The maximum absolute atomic E-state index is 12.2. The molecule has 3 rings (SSSR count). The molecule has 3 atom stereocenters. The summed E-state index contributed by atoms with van der Waals surface area (Å²) in [5, 5.41) is 15.3. The number of carboxylic acids is 1. The molecule has 20 heavy (non-hydrogen) atoms. The van der Waals surface area contributed by atoms with Crippen molar-refractivity contribution in [2.45, 2.75) is 69.4 Å². The number of amides is 2. The van der Waals surface area contributed by atoms with Crippen LogP contribution in [0.1, 0.15) is 57.8 Å². The smallest absolute Gasteiger partial charge is 0.329 e. The van der Waals surface area contributed by atoms with E-state index in [1.54, 1.807) is 0 Å². The summed E-state index contributed by atoms with van der Waals surface area (Å²) in [6.45, 7) is 0. The van der Waals surface area contributed by atoms with Gasteiger partial charge in [0.25, 0.3) is 0 Å². The van der Waals surface area contributed by atoms with Crippen molar-refractivity contribution in [3.8, 4) is 0 Å². The Bertz CT molecular complexity index is 404. The van der Waals surface area contributed by atoms with Crippen LogP contribution in [0.2, 0.25) is 0 Å². The summed E-state index contributed by atoms with van der Waals surface area (Å²) < 4.78 is 0. The molecular formula is C15H24N2O3. The van der Waals surface area contributed by atoms with E-state index < -0.39 is 11.5 Å². The highest BCUT2D eigenvalue weighted by Crippen LogP contribution is 2.44. The van der Waals surface area contributed by atoms with Crippen LogP contribution in [0.4, 0.5) is 4.79 Å². The molecule has 0 aromatic carbocycles. The topological polar surface area (TPSA) is 78.4 Å². The van der Waals surface area contributed by atoms with Gasteiger partial charge in [0.1, 0.15) is 5.54 Å². The van der Waals surface area contributed by atoms with Gasteiger partial charge in [-0.05, 0) is 43.9 Å². The molecule has 3 fully saturated rings. The number of hydrogen-bond acceptors (Lipinski definition) is 2. The molecule has 0 heterocycles. The third-order valence-electron chi connectivity index (χ3n) is 5.52. The Morgan fingerprint density at radius 3 is 2.35 bits per heavy atom. The van der Waals surface area contributed by atoms with E-state index >= 15 is 0 Å². The lowest BCUT2D eigenvalue weighted by molar-refractivity contribution is -0.145. The van der Waals surface area contributed by atoms with Gasteiger partial charge in [-0.25, -0.2) is 9.59 Å². The van der Waals surface area contributed by atoms with E-state index in [0.29, 0.717) is 18.8 Å². The van der Waals surface area contributed by atoms with E-state index in [1.807, 2.05) is 0 Å². The van der Waals surface area contributed by atoms with Crippen LogP contribution in [0.15, 0.2) is 0 Å². The van der Waals surface area contributed by atoms with Crippen molar-refractivity contribution >= 4 is 12.0 Å². The van der Waals surface area contributed by atoms with Crippen LogP contribution in [-0.4, -0.2) is 28.7 Å². The number of carbonyl (C=O) groups is 2. The number of carbonyl (C=O) groups excluding carboxylic acids is 1. The highest BCUT2D eigenvalue weighted by atomic mass is 16.4. The van der Waals surface area contributed by atoms with E-state index in [0.717, 1.165) is 31.6 Å². The lowest BCUT2D eigenvalue weighted by Crippen LogP contribution is -2.59. The van der Waals surface area contributed by atoms with Gasteiger partial charge < -0.3 is 15.7 Å². The fraction of sp³-hybridized carbons (Fsp3) is 0.867. The number of urea groups is 1. The predicted octanol–water partition coefficient (Wildman–Crippen LogP) is 2.26. The molecular weight excluding hydrogens is 256 g/mol. The Morgan fingerprint density at radius 1 is 1.05 bits per heavy atom. The predicted molar refractivity (Wildman–Crippen MR) is 74.4 cm³/mol. The molecule has 2 bridgehead atoms. The fourth-order valence-electron chi connectivity index (χ4n) is 4.39. The maximum atomic E-state index is 12.2. The lowest BCUT2D eigenvalue weighted by atomic mass is 9.82. The Morgan fingerprint density at radius 2 is 1.80 bits per heavy atom. The number of fused-ring (bicyclic) bond motifs is 2. The summed E-state index contributed by atoms with van der Waals surface area (Å²) in [6, 6.07) is -0.0324. The molecule has 3 aliphatic rings. The van der Waals surface area contributed by atoms with Crippen molar-refractivity contribution in [2.75, 3.05) is 0 Å². The zero-order valence-electron chi connectivity index (χ0n) is 11.9. The normalized spacial score (nSPS) is 34.7. The third-order valence-corrected chi connectivity index (χ3v) is 5.52. The molecule has 0 aliphatic heterocycles. The highest BCUT2D eigenvalue weighted by molar-refractivity contribution is 5.86. The molecule has 3 N–H and O–H groups in total. The quantitative estimate of drug-likeness (QED) is 0.742. The largest absolute Gasteiger partial charge is 0.480 e. The second kappa shape index (κ2) is 5.26. The SMILES string of the molecule is O=C(NC1CC2CCC1C2)NC1(C(=O)O)CCCCC1. The molecule has 0 aromatic rings. The second-order valence-electron chi connectivity index (χ2n) is 6.83. The van der Waals surface area contributed by atoms with Crippen LogP contribution in [0.25, 0.3) is 0 Å². The van der Waals surface area contributed by atoms with E-state index in [2.05, 4.69) is 10.6 Å². The van der Waals surface area contributed by atoms with Gasteiger partial charge in [0.2, 0.25) is 0 Å². The number of aliphatic carboxylic acids is 1. The first-order chi connectivity index (χ1) is 9.59. The van der Waals surface area contributed by atoms with E-state index in [4.69, 9.17) is 0 Å². The molecule has 0 radical (unpaired) electrons. The maximum Gasteiger partial charge on any atom is 0.329 e. The van der Waals surface area contributed by atoms with E-state index in [9.17, 15) is 14.7 Å². The van der Waals surface area contributed by atoms with Gasteiger partial charge in [-0.1, -0.05) is 25.7 Å². The molecule has 3 aliphatic carbocycles. The van der Waals surface area contributed by atoms with Crippen molar-refractivity contribution in [1.82, 2.24) is 10.6 Å². The molecule has 112 valence electrons. The molecule has 3 saturated carbocycles. The number of carboxylic acid groups (broad SMARTS) is 1. The monoisotopic (exact) mass is 280 g/mol. The van der Waals surface area contributed by atoms with Crippen molar-refractivity contribution in [2.24, 2.45) is 11.8 Å². The van der Waals surface area contributed by atoms with Crippen LogP contribution in [0.5, 0.6) is 0 Å². The first-order valence-corrected chi connectivity index (χ1v) is 7.91. The summed E-state index contributed by atoms with van der Waals surface area (Å²) >= 11 is 0. The Hall–Kier alpha value is -1.26. The fourth-order valence-corrected chi connectivity index (χ4v) is 4.39. The van der Waals surface area contributed by atoms with Crippen LogP contribution in [0, 0.1) is 11.8 Å². The van der Waals surface area contributed by atoms with Crippen LogP contribution >= 0.6 is 0 Å². The van der Waals surface area contributed by atoms with Crippen LogP contribution in [-0.2, 0) is 4.79 Å². The summed E-state index contributed by atoms with van der Waals surface area (Å²) in [7, 11) is 0. The Balaban J connectivity index is 1.58. The minimum Gasteiger partial charge on any atom is -0.480 e. The standard InChI is InChI=1S/C15H24N2O3/c18-13(19)15(6-2-1-3-7-15)17-14(20)16-12-9-10-4-5-11(12)8-10/h10-12H,1-9H2,(H,18,19)(H2,16,17,20). The minimum absolute atomic E-state index is 0.253. The first-order valence-electron chi connectivity index (χ1n) is 7.91. The third kappa shape index (κ3) is 2.50. The summed E-state index contributed by atoms with van der Waals surface area (Å²) in [5.41, 5.74) is -1.04. The highest BCUT2D eigenvalue weighted by Gasteiger charge is 2.43. The zero-order chi connectivity index (χ0) is 14.2. The molecule has 0 aromatic heterocycles. The average Bonchev–Trinajstić information content (AvgIpc) is 3.01. The zero-order valence-corrected chi connectivity index (χ0v) is 11.9. The Kier molecular flexibility index (Phi) is 3.61. The molecule has 5 nitrogen and oxygen atoms in total. The second-order valence-corrected chi connectivity index (χ2v) is 6.83. The lowest BCUT2D eigenvalue weighted by Gasteiger charge is -2.35. The van der Waals surface area contributed by atoms with Gasteiger partial charge >= 0.3 is 12.0 Å². The summed E-state index contributed by atoms with van der Waals surface area (Å²) in [4.78, 5) is 23.7. The number of nitrogens with one attached hydrogen (secondary N) is 2. The van der Waals surface area contributed by atoms with Gasteiger partial charge in [0, 0.05) is 6.04 Å². The van der Waals surface area contributed by atoms with Crippen LogP contribution in [0.3, 0.4) is 0 Å². The number of rotatable bonds is 3. The summed E-state index contributed by atoms with van der Waals surface area (Å²) in [6.07, 6.45) is 8.71.